The zero-order valence-corrected chi connectivity index (χ0v) is 13.6. The molecule has 0 radical (unpaired) electrons. The molecule has 122 valence electrons. The van der Waals surface area contributed by atoms with Crippen LogP contribution in [0.3, 0.4) is 0 Å². The molecule has 7 heteroatoms. The second-order valence-electron chi connectivity index (χ2n) is 5.29. The van der Waals surface area contributed by atoms with E-state index in [-0.39, 0.29) is 5.78 Å². The normalized spacial score (nSPS) is 10.6. The van der Waals surface area contributed by atoms with Crippen LogP contribution in [0.5, 0.6) is 0 Å². The topological polar surface area (TPSA) is 92.7 Å². The Morgan fingerprint density at radius 1 is 1.17 bits per heavy atom. The molecule has 0 atom stereocenters. The van der Waals surface area contributed by atoms with Gasteiger partial charge in [0, 0.05) is 31.2 Å². The van der Waals surface area contributed by atoms with Crippen molar-refractivity contribution in [3.05, 3.63) is 42.5 Å². The van der Waals surface area contributed by atoms with Gasteiger partial charge < -0.3 is 10.6 Å². The number of carbonyl (C=O) groups excluding carboxylic acids is 1. The molecule has 0 spiro atoms. The fourth-order valence-corrected chi connectivity index (χ4v) is 2.29. The first-order valence-corrected chi connectivity index (χ1v) is 7.77. The van der Waals surface area contributed by atoms with Crippen molar-refractivity contribution in [2.75, 3.05) is 17.2 Å². The summed E-state index contributed by atoms with van der Waals surface area (Å²) < 4.78 is 0. The van der Waals surface area contributed by atoms with Crippen molar-refractivity contribution in [3.8, 4) is 0 Å². The highest BCUT2D eigenvalue weighted by atomic mass is 16.1. The molecule has 3 rings (SSSR count). The fourth-order valence-electron chi connectivity index (χ4n) is 2.29. The Morgan fingerprint density at radius 3 is 2.79 bits per heavy atom. The monoisotopic (exact) mass is 322 g/mol. The van der Waals surface area contributed by atoms with E-state index in [1.54, 1.807) is 18.6 Å². The highest BCUT2D eigenvalue weighted by Crippen LogP contribution is 2.25. The number of nitrogens with one attached hydrogen (secondary N) is 2. The van der Waals surface area contributed by atoms with Gasteiger partial charge >= 0.3 is 0 Å². The van der Waals surface area contributed by atoms with Crippen LogP contribution in [0.1, 0.15) is 30.8 Å². The average Bonchev–Trinajstić information content (AvgIpc) is 2.60. The number of ketones is 1. The van der Waals surface area contributed by atoms with Gasteiger partial charge in [-0.15, -0.1) is 0 Å². The first-order chi connectivity index (χ1) is 11.7. The van der Waals surface area contributed by atoms with Crippen LogP contribution in [0.4, 0.5) is 17.3 Å². The van der Waals surface area contributed by atoms with Crippen molar-refractivity contribution >= 4 is 34.1 Å². The number of carbonyl (C=O) groups is 1. The van der Waals surface area contributed by atoms with Crippen molar-refractivity contribution < 1.29 is 4.79 Å². The number of hydrogen-bond donors (Lipinski definition) is 2. The van der Waals surface area contributed by atoms with Crippen molar-refractivity contribution in [2.24, 2.45) is 0 Å². The first-order valence-electron chi connectivity index (χ1n) is 7.77. The highest BCUT2D eigenvalue weighted by molar-refractivity contribution is 5.99. The van der Waals surface area contributed by atoms with E-state index in [4.69, 9.17) is 0 Å². The Balaban J connectivity index is 2.02. The molecule has 0 aromatic carbocycles. The van der Waals surface area contributed by atoms with E-state index in [0.717, 1.165) is 24.0 Å². The molecule has 0 saturated carbocycles. The summed E-state index contributed by atoms with van der Waals surface area (Å²) in [4.78, 5) is 29.0. The van der Waals surface area contributed by atoms with Crippen LogP contribution in [0.25, 0.3) is 11.0 Å². The SMILES string of the molecule is CCCNc1cnc(C(C)=O)c(Nc2ccnc3ncccc23)n1. The number of anilines is 3. The Morgan fingerprint density at radius 2 is 2.00 bits per heavy atom. The second kappa shape index (κ2) is 6.99. The minimum absolute atomic E-state index is 0.150. The van der Waals surface area contributed by atoms with Gasteiger partial charge in [0.1, 0.15) is 11.5 Å². The van der Waals surface area contributed by atoms with Crippen LogP contribution >= 0.6 is 0 Å². The first kappa shape index (κ1) is 15.8. The summed E-state index contributed by atoms with van der Waals surface area (Å²) in [6.07, 6.45) is 5.90. The van der Waals surface area contributed by atoms with Crippen molar-refractivity contribution in [1.29, 1.82) is 0 Å². The zero-order valence-electron chi connectivity index (χ0n) is 13.6. The lowest BCUT2D eigenvalue weighted by Gasteiger charge is -2.12. The number of aromatic nitrogens is 4. The maximum Gasteiger partial charge on any atom is 0.181 e. The van der Waals surface area contributed by atoms with E-state index < -0.39 is 0 Å². The third-order valence-electron chi connectivity index (χ3n) is 3.43. The van der Waals surface area contributed by atoms with Gasteiger partial charge in [-0.05, 0) is 24.6 Å². The molecule has 0 amide bonds. The lowest BCUT2D eigenvalue weighted by molar-refractivity contribution is 0.101. The van der Waals surface area contributed by atoms with Crippen LogP contribution in [0.2, 0.25) is 0 Å². The largest absolute Gasteiger partial charge is 0.369 e. The van der Waals surface area contributed by atoms with E-state index in [1.165, 1.54) is 6.92 Å². The summed E-state index contributed by atoms with van der Waals surface area (Å²) in [5, 5.41) is 7.22. The van der Waals surface area contributed by atoms with Gasteiger partial charge in [0.25, 0.3) is 0 Å². The van der Waals surface area contributed by atoms with Gasteiger partial charge in [0.05, 0.1) is 11.9 Å². The molecular weight excluding hydrogens is 304 g/mol. The molecular formula is C17H18N6O. The number of nitrogens with zero attached hydrogens (tertiary/aromatic N) is 4. The molecule has 7 nitrogen and oxygen atoms in total. The van der Waals surface area contributed by atoms with Gasteiger partial charge in [-0.1, -0.05) is 6.92 Å². The lowest BCUT2D eigenvalue weighted by Crippen LogP contribution is -2.10. The summed E-state index contributed by atoms with van der Waals surface area (Å²) >= 11 is 0. The summed E-state index contributed by atoms with van der Waals surface area (Å²) in [6, 6.07) is 5.57. The number of fused-ring (bicyclic) bond motifs is 1. The van der Waals surface area contributed by atoms with Crippen molar-refractivity contribution in [3.63, 3.8) is 0 Å². The van der Waals surface area contributed by atoms with Crippen LogP contribution < -0.4 is 10.6 Å². The van der Waals surface area contributed by atoms with Crippen LogP contribution in [0.15, 0.2) is 36.8 Å². The quantitative estimate of drug-likeness (QED) is 0.673. The van der Waals surface area contributed by atoms with E-state index in [2.05, 4.69) is 37.5 Å². The van der Waals surface area contributed by atoms with Gasteiger partial charge in [0.2, 0.25) is 0 Å². The fraction of sp³-hybridized carbons (Fsp3) is 0.235. The standard InChI is InChI=1S/C17H18N6O/c1-3-7-18-14-10-21-15(11(2)24)17(23-14)22-13-6-9-20-16-12(13)5-4-8-19-16/h4-6,8-10H,3,7H2,1-2H3,(H2,18,19,20,22,23). The van der Waals surface area contributed by atoms with E-state index in [0.29, 0.717) is 23.0 Å². The summed E-state index contributed by atoms with van der Waals surface area (Å²) in [5.41, 5.74) is 1.70. The predicted octanol–water partition coefficient (Wildman–Crippen LogP) is 3.19. The summed E-state index contributed by atoms with van der Waals surface area (Å²) in [6.45, 7) is 4.33. The Kier molecular flexibility index (Phi) is 4.60. The van der Waals surface area contributed by atoms with Crippen LogP contribution in [-0.2, 0) is 0 Å². The Hall–Kier alpha value is -3.09. The van der Waals surface area contributed by atoms with E-state index in [9.17, 15) is 4.79 Å². The van der Waals surface area contributed by atoms with Crippen LogP contribution in [0, 0.1) is 0 Å². The van der Waals surface area contributed by atoms with Crippen molar-refractivity contribution in [1.82, 2.24) is 19.9 Å². The Labute approximate surface area is 139 Å². The van der Waals surface area contributed by atoms with E-state index in [1.807, 2.05) is 18.2 Å². The molecule has 0 aliphatic rings. The predicted molar refractivity (Wildman–Crippen MR) is 93.6 cm³/mol. The number of Topliss-reactive ketones (excluding diaryl/α,β-unsaturated/α-hetero) is 1. The second-order valence-corrected chi connectivity index (χ2v) is 5.29. The Bertz CT molecular complexity index is 875. The van der Waals surface area contributed by atoms with Gasteiger partial charge in [0.15, 0.2) is 17.2 Å². The van der Waals surface area contributed by atoms with Crippen molar-refractivity contribution in [2.45, 2.75) is 20.3 Å². The zero-order chi connectivity index (χ0) is 16.9. The summed E-state index contributed by atoms with van der Waals surface area (Å²) in [7, 11) is 0. The molecule has 0 aliphatic carbocycles. The van der Waals surface area contributed by atoms with Gasteiger partial charge in [-0.2, -0.15) is 0 Å². The molecule has 3 heterocycles. The van der Waals surface area contributed by atoms with Gasteiger partial charge in [-0.3, -0.25) is 4.79 Å². The number of hydrogen-bond acceptors (Lipinski definition) is 7. The average molecular weight is 322 g/mol. The molecule has 0 fully saturated rings. The molecule has 0 bridgehead atoms. The third kappa shape index (κ3) is 3.29. The van der Waals surface area contributed by atoms with Gasteiger partial charge in [-0.25, -0.2) is 19.9 Å². The number of pyridine rings is 2. The molecule has 0 saturated heterocycles. The maximum atomic E-state index is 11.9. The van der Waals surface area contributed by atoms with E-state index >= 15 is 0 Å². The molecule has 2 N–H and O–H groups in total. The third-order valence-corrected chi connectivity index (χ3v) is 3.43. The lowest BCUT2D eigenvalue weighted by atomic mass is 10.2. The molecule has 3 aromatic heterocycles. The minimum atomic E-state index is -0.150. The van der Waals surface area contributed by atoms with Crippen LogP contribution in [-0.4, -0.2) is 32.3 Å². The maximum absolute atomic E-state index is 11.9. The molecule has 24 heavy (non-hydrogen) atoms. The molecule has 3 aromatic rings. The molecule has 0 unspecified atom stereocenters. The summed E-state index contributed by atoms with van der Waals surface area (Å²) in [5.74, 6) is 0.893. The number of rotatable bonds is 6. The smallest absolute Gasteiger partial charge is 0.181 e. The minimum Gasteiger partial charge on any atom is -0.369 e. The highest BCUT2D eigenvalue weighted by Gasteiger charge is 2.13. The molecule has 0 aliphatic heterocycles.